The van der Waals surface area contributed by atoms with Crippen molar-refractivity contribution in [2.24, 2.45) is 0 Å². The minimum Gasteiger partial charge on any atom is -0.424 e. The summed E-state index contributed by atoms with van der Waals surface area (Å²) < 4.78 is 8.75. The zero-order chi connectivity index (χ0) is 20.6. The number of hydrogen-bond acceptors (Lipinski definition) is 2. The van der Waals surface area contributed by atoms with Gasteiger partial charge in [0.25, 0.3) is 0 Å². The van der Waals surface area contributed by atoms with Gasteiger partial charge in [-0.3, -0.25) is 4.40 Å². The third-order valence-corrected chi connectivity index (χ3v) is 7.36. The minimum atomic E-state index is 0.0496. The van der Waals surface area contributed by atoms with E-state index in [9.17, 15) is 0 Å². The first-order chi connectivity index (χ1) is 15.0. The lowest BCUT2D eigenvalue weighted by Gasteiger charge is -2.24. The van der Waals surface area contributed by atoms with Gasteiger partial charge in [-0.15, -0.1) is 0 Å². The van der Waals surface area contributed by atoms with Gasteiger partial charge in [0.1, 0.15) is 5.58 Å². The number of nitrogens with zero attached hydrogens (tertiary/aromatic N) is 2. The molecule has 0 unspecified atom stereocenters. The zero-order valence-electron chi connectivity index (χ0n) is 17.7. The van der Waals surface area contributed by atoms with Crippen LogP contribution in [-0.2, 0) is 5.41 Å². The van der Waals surface area contributed by atoms with Crippen LogP contribution in [0.1, 0.15) is 26.3 Å². The fourth-order valence-corrected chi connectivity index (χ4v) is 5.96. The van der Waals surface area contributed by atoms with Crippen LogP contribution in [0.3, 0.4) is 0 Å². The molecule has 6 aromatic rings. The molecule has 4 heteroatoms. The van der Waals surface area contributed by atoms with Crippen LogP contribution in [0.15, 0.2) is 65.1 Å². The molecular weight excluding hydrogens is 379 g/mol. The molecule has 8 rings (SSSR count). The van der Waals surface area contributed by atoms with Crippen LogP contribution in [-0.4, -0.2) is 16.1 Å². The minimum absolute atomic E-state index is 0.0496. The molecule has 31 heavy (non-hydrogen) atoms. The van der Waals surface area contributed by atoms with Gasteiger partial charge in [0, 0.05) is 5.39 Å². The van der Waals surface area contributed by atoms with Crippen LogP contribution < -0.4 is 16.4 Å². The van der Waals surface area contributed by atoms with Gasteiger partial charge in [0.05, 0.1) is 16.6 Å². The molecule has 0 fully saturated rings. The highest BCUT2D eigenvalue weighted by Crippen LogP contribution is 2.38. The lowest BCUT2D eigenvalue weighted by atomic mass is 9.38. The first-order valence-corrected chi connectivity index (χ1v) is 10.9. The van der Waals surface area contributed by atoms with E-state index in [0.717, 1.165) is 11.1 Å². The summed E-state index contributed by atoms with van der Waals surface area (Å²) >= 11 is 0. The predicted molar refractivity (Wildman–Crippen MR) is 129 cm³/mol. The Morgan fingerprint density at radius 2 is 1.74 bits per heavy atom. The van der Waals surface area contributed by atoms with Crippen LogP contribution in [0, 0.1) is 0 Å². The van der Waals surface area contributed by atoms with E-state index in [-0.39, 0.29) is 12.1 Å². The molecule has 0 N–H and O–H groups in total. The maximum atomic E-state index is 6.48. The molecule has 0 spiro atoms. The summed E-state index contributed by atoms with van der Waals surface area (Å²) in [5.41, 5.74) is 12.5. The molecule has 4 aromatic carbocycles. The van der Waals surface area contributed by atoms with Gasteiger partial charge in [-0.1, -0.05) is 74.8 Å². The van der Waals surface area contributed by atoms with E-state index in [1.165, 1.54) is 54.9 Å². The average molecular weight is 398 g/mol. The van der Waals surface area contributed by atoms with Gasteiger partial charge in [-0.2, -0.15) is 4.98 Å². The van der Waals surface area contributed by atoms with E-state index in [0.29, 0.717) is 5.84 Å². The molecule has 4 heterocycles. The average Bonchev–Trinajstić information content (AvgIpc) is 3.29. The van der Waals surface area contributed by atoms with E-state index in [1.807, 2.05) is 0 Å². The smallest absolute Gasteiger partial charge is 0.307 e. The largest absolute Gasteiger partial charge is 0.424 e. The Morgan fingerprint density at radius 3 is 2.61 bits per heavy atom. The number of imidazole rings is 1. The van der Waals surface area contributed by atoms with E-state index < -0.39 is 0 Å². The molecule has 0 aliphatic carbocycles. The van der Waals surface area contributed by atoms with Crippen molar-refractivity contribution in [3.05, 3.63) is 66.2 Å². The fraction of sp³-hybridized carbons (Fsp3) is 0.148. The van der Waals surface area contributed by atoms with Gasteiger partial charge in [0.2, 0.25) is 6.71 Å². The summed E-state index contributed by atoms with van der Waals surface area (Å²) in [4.78, 5) is 4.93. The maximum absolute atomic E-state index is 6.48. The number of benzene rings is 4. The first kappa shape index (κ1) is 16.2. The Hall–Kier alpha value is -3.53. The molecule has 2 aliphatic rings. The second-order valence-electron chi connectivity index (χ2n) is 10.1. The fourth-order valence-electron chi connectivity index (χ4n) is 5.96. The second-order valence-corrected chi connectivity index (χ2v) is 10.1. The number of aromatic nitrogens is 2. The monoisotopic (exact) mass is 398 g/mol. The molecule has 2 aliphatic heterocycles. The molecule has 0 bridgehead atoms. The molecule has 0 amide bonds. The van der Waals surface area contributed by atoms with Crippen LogP contribution >= 0.6 is 0 Å². The Balaban J connectivity index is 1.66. The van der Waals surface area contributed by atoms with E-state index in [1.54, 1.807) is 0 Å². The SMILES string of the molecule is CC(C)(C)c1cc2ccc3c4c2c(c1)oc1nc2ccc5c(c2n14)B3c1ccccc1-5. The molecule has 0 radical (unpaired) electrons. The molecular formula is C27H19BN2O. The van der Waals surface area contributed by atoms with Crippen molar-refractivity contribution in [3.63, 3.8) is 0 Å². The number of rotatable bonds is 0. The van der Waals surface area contributed by atoms with E-state index in [2.05, 4.69) is 85.8 Å². The molecule has 0 saturated carbocycles. The van der Waals surface area contributed by atoms with Crippen LogP contribution in [0.25, 0.3) is 49.9 Å². The van der Waals surface area contributed by atoms with Crippen molar-refractivity contribution in [1.29, 1.82) is 0 Å². The summed E-state index contributed by atoms with van der Waals surface area (Å²) in [7, 11) is 0. The molecule has 146 valence electrons. The first-order valence-electron chi connectivity index (χ1n) is 10.9. The lowest BCUT2D eigenvalue weighted by Crippen LogP contribution is -2.51. The number of fused-ring (bicyclic) bond motifs is 4. The Kier molecular flexibility index (Phi) is 2.54. The summed E-state index contributed by atoms with van der Waals surface area (Å²) in [5, 5.41) is 2.44. The van der Waals surface area contributed by atoms with Crippen LogP contribution in [0.2, 0.25) is 0 Å². The highest BCUT2D eigenvalue weighted by atomic mass is 16.3. The van der Waals surface area contributed by atoms with Gasteiger partial charge >= 0.3 is 5.84 Å². The third kappa shape index (κ3) is 1.74. The predicted octanol–water partition coefficient (Wildman–Crippen LogP) is 4.49. The quantitative estimate of drug-likeness (QED) is 0.352. The van der Waals surface area contributed by atoms with Gasteiger partial charge in [-0.25, -0.2) is 0 Å². The summed E-state index contributed by atoms with van der Waals surface area (Å²) in [6, 6.07) is 22.4. The highest BCUT2D eigenvalue weighted by Gasteiger charge is 2.40. The Bertz CT molecular complexity index is 1780. The summed E-state index contributed by atoms with van der Waals surface area (Å²) in [5.74, 6) is 0.685. The van der Waals surface area contributed by atoms with Gasteiger partial charge in [0.15, 0.2) is 0 Å². The molecule has 3 nitrogen and oxygen atoms in total. The van der Waals surface area contributed by atoms with E-state index in [4.69, 9.17) is 9.40 Å². The third-order valence-electron chi connectivity index (χ3n) is 7.36. The van der Waals surface area contributed by atoms with E-state index >= 15 is 0 Å². The van der Waals surface area contributed by atoms with Crippen molar-refractivity contribution < 1.29 is 4.42 Å². The van der Waals surface area contributed by atoms with Crippen molar-refractivity contribution in [2.75, 3.05) is 0 Å². The van der Waals surface area contributed by atoms with Crippen LogP contribution in [0.5, 0.6) is 0 Å². The van der Waals surface area contributed by atoms with Crippen LogP contribution in [0.4, 0.5) is 0 Å². The molecule has 0 saturated heterocycles. The van der Waals surface area contributed by atoms with Crippen molar-refractivity contribution in [1.82, 2.24) is 9.38 Å². The number of hydrogen-bond donors (Lipinski definition) is 0. The summed E-state index contributed by atoms with van der Waals surface area (Å²) in [6.07, 6.45) is 0. The standard InChI is InChI=1S/C27H19BN2O/c1-27(2,3)15-12-14-8-10-19-24-22(14)21(13-15)31-26-29-20-11-9-17-16-6-4-5-7-18(16)28(19)23(17)25(20)30(24)26/h4-13H,1-3H3. The lowest BCUT2D eigenvalue weighted by molar-refractivity contribution is 0.584. The molecule has 2 aromatic heterocycles. The van der Waals surface area contributed by atoms with Gasteiger partial charge in [-0.05, 0) is 50.5 Å². The van der Waals surface area contributed by atoms with Gasteiger partial charge < -0.3 is 4.42 Å². The van der Waals surface area contributed by atoms with Crippen molar-refractivity contribution >= 4 is 61.9 Å². The molecule has 0 atom stereocenters. The zero-order valence-corrected chi connectivity index (χ0v) is 17.7. The summed E-state index contributed by atoms with van der Waals surface area (Å²) in [6.45, 7) is 7.00. The van der Waals surface area contributed by atoms with Crippen molar-refractivity contribution in [2.45, 2.75) is 26.2 Å². The highest BCUT2D eigenvalue weighted by molar-refractivity contribution is 7.02. The second kappa shape index (κ2) is 4.86. The topological polar surface area (TPSA) is 30.4 Å². The maximum Gasteiger partial charge on any atom is 0.307 e. The Labute approximate surface area is 179 Å². The van der Waals surface area contributed by atoms with Crippen molar-refractivity contribution in [3.8, 4) is 11.1 Å². The Morgan fingerprint density at radius 1 is 0.871 bits per heavy atom. The normalized spacial score (nSPS) is 14.2.